The largest absolute Gasteiger partial charge is 0.508 e. The zero-order valence-electron chi connectivity index (χ0n) is 9.65. The number of hydrogen-bond donors (Lipinski definition) is 3. The smallest absolute Gasteiger partial charge is 0.238 e. The molecule has 0 radical (unpaired) electrons. The SMILES string of the molecule is O=C(CN1CCNCC1)Nc1cccc(O)c1. The van der Waals surface area contributed by atoms with Crippen molar-refractivity contribution in [1.29, 1.82) is 0 Å². The fourth-order valence-corrected chi connectivity index (χ4v) is 1.86. The summed E-state index contributed by atoms with van der Waals surface area (Å²) in [7, 11) is 0. The van der Waals surface area contributed by atoms with Crippen LogP contribution in [0.2, 0.25) is 0 Å². The van der Waals surface area contributed by atoms with E-state index >= 15 is 0 Å². The second-order valence-corrected chi connectivity index (χ2v) is 4.12. The van der Waals surface area contributed by atoms with Crippen LogP contribution in [0.5, 0.6) is 5.75 Å². The van der Waals surface area contributed by atoms with Gasteiger partial charge in [0.15, 0.2) is 0 Å². The second-order valence-electron chi connectivity index (χ2n) is 4.12. The van der Waals surface area contributed by atoms with E-state index < -0.39 is 0 Å². The Hall–Kier alpha value is -1.59. The van der Waals surface area contributed by atoms with E-state index in [0.29, 0.717) is 12.2 Å². The van der Waals surface area contributed by atoms with Crippen molar-refractivity contribution in [3.05, 3.63) is 24.3 Å². The van der Waals surface area contributed by atoms with Crippen LogP contribution in [0.4, 0.5) is 5.69 Å². The van der Waals surface area contributed by atoms with Crippen molar-refractivity contribution in [3.8, 4) is 5.75 Å². The number of benzene rings is 1. The molecule has 1 aliphatic rings. The van der Waals surface area contributed by atoms with E-state index in [9.17, 15) is 9.90 Å². The summed E-state index contributed by atoms with van der Waals surface area (Å²) in [5, 5.41) is 15.3. The Kier molecular flexibility index (Phi) is 3.95. The lowest BCUT2D eigenvalue weighted by molar-refractivity contribution is -0.117. The minimum absolute atomic E-state index is 0.0440. The Labute approximate surface area is 100 Å². The van der Waals surface area contributed by atoms with Crippen LogP contribution in [-0.4, -0.2) is 48.6 Å². The van der Waals surface area contributed by atoms with Gasteiger partial charge >= 0.3 is 0 Å². The zero-order valence-corrected chi connectivity index (χ0v) is 9.65. The molecule has 0 aliphatic carbocycles. The summed E-state index contributed by atoms with van der Waals surface area (Å²) in [6.45, 7) is 4.05. The van der Waals surface area contributed by atoms with Crippen molar-refractivity contribution in [1.82, 2.24) is 10.2 Å². The molecule has 1 aromatic carbocycles. The molecule has 1 amide bonds. The van der Waals surface area contributed by atoms with Crippen molar-refractivity contribution < 1.29 is 9.90 Å². The Morgan fingerprint density at radius 1 is 1.41 bits per heavy atom. The van der Waals surface area contributed by atoms with Gasteiger partial charge in [0.1, 0.15) is 5.75 Å². The summed E-state index contributed by atoms with van der Waals surface area (Å²) in [6, 6.07) is 6.58. The average molecular weight is 235 g/mol. The molecule has 1 fully saturated rings. The number of carbonyl (C=O) groups is 1. The monoisotopic (exact) mass is 235 g/mol. The number of nitrogens with zero attached hydrogens (tertiary/aromatic N) is 1. The van der Waals surface area contributed by atoms with Crippen molar-refractivity contribution in [2.24, 2.45) is 0 Å². The standard InChI is InChI=1S/C12H17N3O2/c16-11-3-1-2-10(8-11)14-12(17)9-15-6-4-13-5-7-15/h1-3,8,13,16H,4-7,9H2,(H,14,17). The molecule has 0 unspecified atom stereocenters. The number of carbonyl (C=O) groups excluding carboxylic acids is 1. The summed E-state index contributed by atoms with van der Waals surface area (Å²) in [5.74, 6) is 0.113. The number of nitrogens with one attached hydrogen (secondary N) is 2. The van der Waals surface area contributed by atoms with Crippen LogP contribution in [0.1, 0.15) is 0 Å². The molecule has 1 saturated heterocycles. The molecule has 0 bridgehead atoms. The fraction of sp³-hybridized carbons (Fsp3) is 0.417. The predicted molar refractivity (Wildman–Crippen MR) is 66.0 cm³/mol. The normalized spacial score (nSPS) is 16.7. The zero-order chi connectivity index (χ0) is 12.1. The molecular weight excluding hydrogens is 218 g/mol. The van der Waals surface area contributed by atoms with Crippen molar-refractivity contribution in [2.45, 2.75) is 0 Å². The highest BCUT2D eigenvalue weighted by molar-refractivity contribution is 5.92. The molecular formula is C12H17N3O2. The third-order valence-electron chi connectivity index (χ3n) is 2.71. The molecule has 1 aliphatic heterocycles. The number of phenolic OH excluding ortho intramolecular Hbond substituents is 1. The van der Waals surface area contributed by atoms with Gasteiger partial charge in [-0.05, 0) is 12.1 Å². The highest BCUT2D eigenvalue weighted by Gasteiger charge is 2.13. The fourth-order valence-electron chi connectivity index (χ4n) is 1.86. The summed E-state index contributed by atoms with van der Waals surface area (Å²) in [4.78, 5) is 13.8. The Morgan fingerprint density at radius 3 is 2.88 bits per heavy atom. The number of hydrogen-bond acceptors (Lipinski definition) is 4. The minimum atomic E-state index is -0.0440. The van der Waals surface area contributed by atoms with Crippen LogP contribution in [-0.2, 0) is 4.79 Å². The molecule has 0 saturated carbocycles. The molecule has 1 aromatic rings. The number of piperazine rings is 1. The highest BCUT2D eigenvalue weighted by atomic mass is 16.3. The van der Waals surface area contributed by atoms with Gasteiger partial charge in [-0.1, -0.05) is 6.07 Å². The van der Waals surface area contributed by atoms with Crippen molar-refractivity contribution >= 4 is 11.6 Å². The summed E-state index contributed by atoms with van der Waals surface area (Å²) >= 11 is 0. The Morgan fingerprint density at radius 2 is 2.18 bits per heavy atom. The minimum Gasteiger partial charge on any atom is -0.508 e. The summed E-state index contributed by atoms with van der Waals surface area (Å²) in [6.07, 6.45) is 0. The molecule has 3 N–H and O–H groups in total. The number of phenols is 1. The summed E-state index contributed by atoms with van der Waals surface area (Å²) < 4.78 is 0. The molecule has 2 rings (SSSR count). The van der Waals surface area contributed by atoms with Gasteiger partial charge in [0, 0.05) is 37.9 Å². The molecule has 1 heterocycles. The average Bonchev–Trinajstić information content (AvgIpc) is 2.30. The third-order valence-corrected chi connectivity index (χ3v) is 2.71. The van der Waals surface area contributed by atoms with E-state index in [0.717, 1.165) is 26.2 Å². The van der Waals surface area contributed by atoms with Crippen LogP contribution in [0.25, 0.3) is 0 Å². The molecule has 5 nitrogen and oxygen atoms in total. The first-order valence-corrected chi connectivity index (χ1v) is 5.76. The van der Waals surface area contributed by atoms with E-state index in [-0.39, 0.29) is 11.7 Å². The van der Waals surface area contributed by atoms with Gasteiger partial charge in [-0.3, -0.25) is 9.69 Å². The Bertz CT molecular complexity index is 389. The first kappa shape index (κ1) is 11.9. The van der Waals surface area contributed by atoms with Gasteiger partial charge in [-0.25, -0.2) is 0 Å². The maximum Gasteiger partial charge on any atom is 0.238 e. The maximum absolute atomic E-state index is 11.7. The van der Waals surface area contributed by atoms with Crippen molar-refractivity contribution in [2.75, 3.05) is 38.0 Å². The first-order valence-electron chi connectivity index (χ1n) is 5.76. The van der Waals surface area contributed by atoms with E-state index in [1.165, 1.54) is 6.07 Å². The van der Waals surface area contributed by atoms with Gasteiger partial charge in [-0.2, -0.15) is 0 Å². The highest BCUT2D eigenvalue weighted by Crippen LogP contribution is 2.15. The second kappa shape index (κ2) is 5.65. The van der Waals surface area contributed by atoms with Crippen molar-refractivity contribution in [3.63, 3.8) is 0 Å². The van der Waals surface area contributed by atoms with E-state index in [2.05, 4.69) is 15.5 Å². The van der Waals surface area contributed by atoms with Gasteiger partial charge in [-0.15, -0.1) is 0 Å². The van der Waals surface area contributed by atoms with E-state index in [1.54, 1.807) is 18.2 Å². The lowest BCUT2D eigenvalue weighted by atomic mass is 10.3. The molecule has 5 heteroatoms. The van der Waals surface area contributed by atoms with Gasteiger partial charge in [0.25, 0.3) is 0 Å². The van der Waals surface area contributed by atoms with Crippen LogP contribution in [0, 0.1) is 0 Å². The third kappa shape index (κ3) is 3.72. The quantitative estimate of drug-likeness (QED) is 0.702. The molecule has 0 spiro atoms. The predicted octanol–water partition coefficient (Wildman–Crippen LogP) is 0.236. The summed E-state index contributed by atoms with van der Waals surface area (Å²) in [5.41, 5.74) is 0.630. The number of amides is 1. The van der Waals surface area contributed by atoms with Crippen LogP contribution < -0.4 is 10.6 Å². The lowest BCUT2D eigenvalue weighted by Crippen LogP contribution is -2.46. The van der Waals surface area contributed by atoms with Crippen LogP contribution >= 0.6 is 0 Å². The van der Waals surface area contributed by atoms with E-state index in [4.69, 9.17) is 0 Å². The van der Waals surface area contributed by atoms with Crippen LogP contribution in [0.3, 0.4) is 0 Å². The lowest BCUT2D eigenvalue weighted by Gasteiger charge is -2.26. The molecule has 0 aromatic heterocycles. The van der Waals surface area contributed by atoms with Gasteiger partial charge < -0.3 is 15.7 Å². The van der Waals surface area contributed by atoms with E-state index in [1.807, 2.05) is 0 Å². The van der Waals surface area contributed by atoms with Gasteiger partial charge in [0.05, 0.1) is 6.54 Å². The number of rotatable bonds is 3. The number of aromatic hydroxyl groups is 1. The number of anilines is 1. The first-order chi connectivity index (χ1) is 8.24. The van der Waals surface area contributed by atoms with Crippen LogP contribution in [0.15, 0.2) is 24.3 Å². The maximum atomic E-state index is 11.7. The molecule has 92 valence electrons. The molecule has 0 atom stereocenters. The molecule has 17 heavy (non-hydrogen) atoms. The Balaban J connectivity index is 1.84. The topological polar surface area (TPSA) is 64.6 Å². The van der Waals surface area contributed by atoms with Gasteiger partial charge in [0.2, 0.25) is 5.91 Å².